The molecule has 4 amide bonds. The lowest BCUT2D eigenvalue weighted by Crippen LogP contribution is -2.61. The monoisotopic (exact) mass is 717 g/mol. The van der Waals surface area contributed by atoms with Crippen LogP contribution in [-0.4, -0.2) is 72.1 Å². The average Bonchev–Trinajstić information content (AvgIpc) is 3.07. The van der Waals surface area contributed by atoms with E-state index in [2.05, 4.69) is 34.4 Å². The van der Waals surface area contributed by atoms with Gasteiger partial charge in [0.25, 0.3) is 0 Å². The van der Waals surface area contributed by atoms with Gasteiger partial charge in [-0.2, -0.15) is 0 Å². The van der Waals surface area contributed by atoms with E-state index in [1.54, 1.807) is 26.0 Å². The lowest BCUT2D eigenvalue weighted by atomic mass is 10.00. The van der Waals surface area contributed by atoms with Gasteiger partial charge in [-0.15, -0.1) is 0 Å². The van der Waals surface area contributed by atoms with Crippen molar-refractivity contribution in [2.45, 2.75) is 45.1 Å². The predicted molar refractivity (Wildman–Crippen MR) is 191 cm³/mol. The second kappa shape index (κ2) is 15.2. The Balaban J connectivity index is 1.27. The lowest BCUT2D eigenvalue weighted by molar-refractivity contribution is -0.132. The molecule has 1 aliphatic rings. The molecular weight excluding hydrogens is 678 g/mol. The van der Waals surface area contributed by atoms with Crippen LogP contribution in [0, 0.1) is 17.7 Å². The molecule has 13 nitrogen and oxygen atoms in total. The van der Waals surface area contributed by atoms with Crippen LogP contribution in [-0.2, 0) is 26.0 Å². The van der Waals surface area contributed by atoms with E-state index < -0.39 is 39.6 Å². The Morgan fingerprint density at radius 2 is 1.71 bits per heavy atom. The van der Waals surface area contributed by atoms with Crippen LogP contribution in [0.3, 0.4) is 0 Å². The van der Waals surface area contributed by atoms with Gasteiger partial charge in [-0.3, -0.25) is 9.59 Å². The Bertz CT molecular complexity index is 2020. The molecule has 4 aromatic rings. The summed E-state index contributed by atoms with van der Waals surface area (Å²) in [5.74, 6) is -2.21. The second-order valence-electron chi connectivity index (χ2n) is 12.9. The first-order chi connectivity index (χ1) is 24.1. The zero-order valence-corrected chi connectivity index (χ0v) is 29.9. The quantitative estimate of drug-likeness (QED) is 0.167. The van der Waals surface area contributed by atoms with Crippen LogP contribution in [0.1, 0.15) is 33.3 Å². The van der Waals surface area contributed by atoms with Crippen molar-refractivity contribution in [3.8, 4) is 11.5 Å². The number of carbonyl (C=O) groups is 3. The van der Waals surface area contributed by atoms with Crippen molar-refractivity contribution in [2.24, 2.45) is 11.8 Å². The summed E-state index contributed by atoms with van der Waals surface area (Å²) in [5.41, 5.74) is 1.53. The number of aromatic nitrogens is 2. The number of nitrogens with one attached hydrogen (secondary N) is 2. The molecule has 2 aromatic carbocycles. The zero-order valence-electron chi connectivity index (χ0n) is 29.1. The van der Waals surface area contributed by atoms with E-state index in [4.69, 9.17) is 4.74 Å². The Kier molecular flexibility index (Phi) is 11.0. The van der Waals surface area contributed by atoms with E-state index in [-0.39, 0.29) is 34.7 Å². The molecule has 1 fully saturated rings. The van der Waals surface area contributed by atoms with Crippen LogP contribution in [0.2, 0.25) is 0 Å². The zero-order chi connectivity index (χ0) is 37.0. The summed E-state index contributed by atoms with van der Waals surface area (Å²) in [7, 11) is -0.785. The number of imide groups is 1. The van der Waals surface area contributed by atoms with E-state index in [1.807, 2.05) is 12.1 Å². The largest absolute Gasteiger partial charge is 0.454 e. The summed E-state index contributed by atoms with van der Waals surface area (Å²) >= 11 is 0. The molecule has 1 atom stereocenters. The van der Waals surface area contributed by atoms with Crippen molar-refractivity contribution in [3.63, 3.8) is 0 Å². The molecular formula is C36H40FN7O6S. The van der Waals surface area contributed by atoms with Gasteiger partial charge in [0.15, 0.2) is 11.6 Å². The normalized spacial score (nSPS) is 15.1. The van der Waals surface area contributed by atoms with Gasteiger partial charge in [-0.1, -0.05) is 26.0 Å². The molecule has 1 saturated heterocycles. The highest BCUT2D eigenvalue weighted by Crippen LogP contribution is 2.30. The van der Waals surface area contributed by atoms with Gasteiger partial charge in [-0.05, 0) is 74.2 Å². The number of urea groups is 1. The van der Waals surface area contributed by atoms with Gasteiger partial charge in [0.05, 0.1) is 5.69 Å². The summed E-state index contributed by atoms with van der Waals surface area (Å²) in [6.07, 6.45) is 3.50. The standard InChI is InChI=1S/C36H40FN7O6S/c1-22(2)17-24-7-10-26(11-8-24)44-35(46)29(21-43(23(3)4)36(44)47)34(45)40-25-9-13-31(30(37)18-25)50-27-15-16-38-33(19-27)41-32-14-12-28(20-39-32)51(48,49)42(5)6/h7-16,18-20,22-23,29H,17,21H2,1-6H3,(H,40,45)(H,38,39,41). The third-order valence-electron chi connectivity index (χ3n) is 8.04. The summed E-state index contributed by atoms with van der Waals surface area (Å²) in [6.45, 7) is 7.68. The van der Waals surface area contributed by atoms with E-state index in [9.17, 15) is 22.8 Å². The first-order valence-electron chi connectivity index (χ1n) is 16.3. The fraction of sp³-hybridized carbons (Fsp3) is 0.306. The lowest BCUT2D eigenvalue weighted by Gasteiger charge is -2.40. The highest BCUT2D eigenvalue weighted by atomic mass is 32.2. The van der Waals surface area contributed by atoms with E-state index in [1.165, 1.54) is 67.8 Å². The third kappa shape index (κ3) is 8.49. The Morgan fingerprint density at radius 1 is 0.980 bits per heavy atom. The van der Waals surface area contributed by atoms with Gasteiger partial charge in [0, 0.05) is 56.9 Å². The molecule has 0 saturated carbocycles. The van der Waals surface area contributed by atoms with Crippen LogP contribution in [0.25, 0.3) is 0 Å². The number of ether oxygens (including phenoxy) is 1. The molecule has 0 bridgehead atoms. The minimum atomic E-state index is -3.64. The van der Waals surface area contributed by atoms with Crippen LogP contribution in [0.4, 0.5) is 32.2 Å². The van der Waals surface area contributed by atoms with Crippen LogP contribution in [0.15, 0.2) is 84.0 Å². The number of carbonyl (C=O) groups excluding carboxylic acids is 3. The minimum Gasteiger partial charge on any atom is -0.454 e. The number of halogens is 1. The number of hydrogen-bond donors (Lipinski definition) is 2. The molecule has 0 radical (unpaired) electrons. The Labute approximate surface area is 296 Å². The van der Waals surface area contributed by atoms with Crippen molar-refractivity contribution in [1.29, 1.82) is 0 Å². The van der Waals surface area contributed by atoms with E-state index in [0.717, 1.165) is 27.3 Å². The maximum absolute atomic E-state index is 15.3. The van der Waals surface area contributed by atoms with Gasteiger partial charge < -0.3 is 20.3 Å². The number of amides is 4. The highest BCUT2D eigenvalue weighted by molar-refractivity contribution is 7.89. The van der Waals surface area contributed by atoms with Gasteiger partial charge >= 0.3 is 6.03 Å². The maximum Gasteiger partial charge on any atom is 0.331 e. The molecule has 3 heterocycles. The van der Waals surface area contributed by atoms with Crippen LogP contribution in [0.5, 0.6) is 11.5 Å². The molecule has 15 heteroatoms. The van der Waals surface area contributed by atoms with Crippen molar-refractivity contribution in [1.82, 2.24) is 19.2 Å². The molecule has 2 N–H and O–H groups in total. The Morgan fingerprint density at radius 3 is 2.31 bits per heavy atom. The number of pyridine rings is 2. The van der Waals surface area contributed by atoms with Crippen molar-refractivity contribution in [2.75, 3.05) is 36.2 Å². The molecule has 268 valence electrons. The third-order valence-corrected chi connectivity index (χ3v) is 9.84. The molecule has 1 unspecified atom stereocenters. The minimum absolute atomic E-state index is 0.0286. The van der Waals surface area contributed by atoms with E-state index in [0.29, 0.717) is 23.2 Å². The number of sulfonamides is 1. The molecule has 0 spiro atoms. The Hall–Kier alpha value is -5.41. The molecule has 5 rings (SSSR count). The fourth-order valence-corrected chi connectivity index (χ4v) is 6.21. The summed E-state index contributed by atoms with van der Waals surface area (Å²) in [5, 5.41) is 5.57. The first kappa shape index (κ1) is 36.9. The second-order valence-corrected chi connectivity index (χ2v) is 15.1. The van der Waals surface area contributed by atoms with Crippen molar-refractivity contribution >= 4 is 50.9 Å². The molecule has 0 aliphatic carbocycles. The van der Waals surface area contributed by atoms with Gasteiger partial charge in [0.2, 0.25) is 21.8 Å². The predicted octanol–water partition coefficient (Wildman–Crippen LogP) is 6.03. The molecule has 1 aliphatic heterocycles. The van der Waals surface area contributed by atoms with Crippen LogP contribution >= 0.6 is 0 Å². The summed E-state index contributed by atoms with van der Waals surface area (Å²) < 4.78 is 46.7. The van der Waals surface area contributed by atoms with Crippen molar-refractivity contribution in [3.05, 3.63) is 90.5 Å². The number of hydrogen-bond acceptors (Lipinski definition) is 9. The summed E-state index contributed by atoms with van der Waals surface area (Å²) in [4.78, 5) is 51.3. The fourth-order valence-electron chi connectivity index (χ4n) is 5.36. The van der Waals surface area contributed by atoms with Gasteiger partial charge in [-0.25, -0.2) is 36.8 Å². The number of benzene rings is 2. The molecule has 51 heavy (non-hydrogen) atoms. The molecule has 2 aromatic heterocycles. The smallest absolute Gasteiger partial charge is 0.331 e. The maximum atomic E-state index is 15.3. The number of nitrogens with zero attached hydrogens (tertiary/aromatic N) is 5. The first-order valence-corrected chi connectivity index (χ1v) is 17.7. The number of rotatable bonds is 12. The average molecular weight is 718 g/mol. The SMILES string of the molecule is CC(C)Cc1ccc(N2C(=O)C(C(=O)Nc3ccc(Oc4ccnc(Nc5ccc(S(=O)(=O)N(C)C)cn5)c4)c(F)c3)CN(C(C)C)C2=O)cc1. The van der Waals surface area contributed by atoms with Gasteiger partial charge in [0.1, 0.15) is 28.2 Å². The topological polar surface area (TPSA) is 154 Å². The highest BCUT2D eigenvalue weighted by Gasteiger charge is 2.44. The summed E-state index contributed by atoms with van der Waals surface area (Å²) in [6, 6.07) is 16.1. The van der Waals surface area contributed by atoms with Crippen LogP contribution < -0.4 is 20.3 Å². The van der Waals surface area contributed by atoms with E-state index >= 15 is 4.39 Å². The van der Waals surface area contributed by atoms with Crippen molar-refractivity contribution < 1.29 is 31.9 Å². The number of anilines is 4.